The Morgan fingerprint density at radius 2 is 2.08 bits per heavy atom. The van der Waals surface area contributed by atoms with Crippen LogP contribution in [-0.4, -0.2) is 67.6 Å². The Morgan fingerprint density at radius 1 is 1.31 bits per heavy atom. The van der Waals surface area contributed by atoms with Crippen LogP contribution in [0.1, 0.15) is 37.1 Å². The standard InChI is InChI=1S/C19H33N5S.HI/c1-15(2)24-10-4-17(5-11-24)22-19(20-3)21-8-12-23-9-6-18-16(14-23)7-13-25-18;/h7,13,15,17H,4-6,8-12,14H2,1-3H3,(H2,20,21,22);1H. The van der Waals surface area contributed by atoms with Gasteiger partial charge in [0.15, 0.2) is 5.96 Å². The van der Waals surface area contributed by atoms with Gasteiger partial charge in [-0.25, -0.2) is 0 Å². The minimum absolute atomic E-state index is 0. The van der Waals surface area contributed by atoms with Crippen molar-refractivity contribution in [3.8, 4) is 0 Å². The first-order chi connectivity index (χ1) is 12.2. The number of aliphatic imine (C=N–C) groups is 1. The lowest BCUT2D eigenvalue weighted by atomic mass is 10.0. The number of rotatable bonds is 5. The smallest absolute Gasteiger partial charge is 0.191 e. The molecule has 0 bridgehead atoms. The molecule has 0 radical (unpaired) electrons. The number of piperidine rings is 1. The summed E-state index contributed by atoms with van der Waals surface area (Å²) in [7, 11) is 1.87. The molecule has 1 aromatic rings. The quantitative estimate of drug-likeness (QED) is 0.378. The van der Waals surface area contributed by atoms with Gasteiger partial charge in [0.1, 0.15) is 0 Å². The van der Waals surface area contributed by atoms with Crippen molar-refractivity contribution in [1.29, 1.82) is 0 Å². The largest absolute Gasteiger partial charge is 0.355 e. The zero-order chi connectivity index (χ0) is 17.6. The van der Waals surface area contributed by atoms with Crippen molar-refractivity contribution >= 4 is 41.3 Å². The third-order valence-corrected chi connectivity index (χ3v) is 6.45. The van der Waals surface area contributed by atoms with Gasteiger partial charge in [-0.15, -0.1) is 35.3 Å². The fourth-order valence-corrected chi connectivity index (χ4v) is 4.67. The maximum absolute atomic E-state index is 4.41. The van der Waals surface area contributed by atoms with Crippen molar-refractivity contribution in [2.75, 3.05) is 39.8 Å². The van der Waals surface area contributed by atoms with Gasteiger partial charge in [0.2, 0.25) is 0 Å². The molecule has 0 spiro atoms. The summed E-state index contributed by atoms with van der Waals surface area (Å²) in [4.78, 5) is 11.1. The number of hydrogen-bond donors (Lipinski definition) is 2. The average molecular weight is 491 g/mol. The number of fused-ring (bicyclic) bond motifs is 1. The lowest BCUT2D eigenvalue weighted by molar-refractivity contribution is 0.167. The van der Waals surface area contributed by atoms with Crippen LogP contribution < -0.4 is 10.6 Å². The van der Waals surface area contributed by atoms with Crippen molar-refractivity contribution in [2.24, 2.45) is 4.99 Å². The van der Waals surface area contributed by atoms with Gasteiger partial charge < -0.3 is 15.5 Å². The highest BCUT2D eigenvalue weighted by Crippen LogP contribution is 2.23. The SMILES string of the molecule is CN=C(NCCN1CCc2sccc2C1)NC1CCN(C(C)C)CC1.I. The Kier molecular flexibility index (Phi) is 9.12. The molecule has 0 saturated carbocycles. The van der Waals surface area contributed by atoms with E-state index in [-0.39, 0.29) is 24.0 Å². The van der Waals surface area contributed by atoms with E-state index in [0.29, 0.717) is 12.1 Å². The van der Waals surface area contributed by atoms with Crippen LogP contribution in [0.15, 0.2) is 16.4 Å². The average Bonchev–Trinajstić information content (AvgIpc) is 3.09. The Balaban J connectivity index is 0.00000243. The number of likely N-dealkylation sites (tertiary alicyclic amines) is 1. The molecule has 5 nitrogen and oxygen atoms in total. The third-order valence-electron chi connectivity index (χ3n) is 5.43. The lowest BCUT2D eigenvalue weighted by Gasteiger charge is -2.35. The predicted octanol–water partition coefficient (Wildman–Crippen LogP) is 2.76. The molecule has 7 heteroatoms. The van der Waals surface area contributed by atoms with Gasteiger partial charge in [-0.1, -0.05) is 0 Å². The van der Waals surface area contributed by atoms with Crippen LogP contribution in [0.25, 0.3) is 0 Å². The molecule has 3 heterocycles. The number of nitrogens with zero attached hydrogens (tertiary/aromatic N) is 3. The molecule has 1 aromatic heterocycles. The number of thiophene rings is 1. The first-order valence-electron chi connectivity index (χ1n) is 9.64. The molecule has 1 saturated heterocycles. The van der Waals surface area contributed by atoms with Gasteiger partial charge in [-0.3, -0.25) is 9.89 Å². The molecule has 148 valence electrons. The molecule has 0 unspecified atom stereocenters. The maximum atomic E-state index is 4.41. The molecule has 1 fully saturated rings. The van der Waals surface area contributed by atoms with Gasteiger partial charge >= 0.3 is 0 Å². The predicted molar refractivity (Wildman–Crippen MR) is 123 cm³/mol. The second-order valence-corrected chi connectivity index (χ2v) is 8.44. The highest BCUT2D eigenvalue weighted by molar-refractivity contribution is 14.0. The second-order valence-electron chi connectivity index (χ2n) is 7.44. The maximum Gasteiger partial charge on any atom is 0.191 e. The van der Waals surface area contributed by atoms with E-state index in [4.69, 9.17) is 0 Å². The number of guanidine groups is 1. The van der Waals surface area contributed by atoms with Gasteiger partial charge in [-0.2, -0.15) is 0 Å². The monoisotopic (exact) mass is 491 g/mol. The molecule has 0 aromatic carbocycles. The highest BCUT2D eigenvalue weighted by Gasteiger charge is 2.21. The molecule has 0 atom stereocenters. The number of nitrogens with one attached hydrogen (secondary N) is 2. The van der Waals surface area contributed by atoms with E-state index in [1.54, 1.807) is 4.88 Å². The van der Waals surface area contributed by atoms with Crippen molar-refractivity contribution in [3.05, 3.63) is 21.9 Å². The Hall–Kier alpha value is -0.380. The van der Waals surface area contributed by atoms with E-state index >= 15 is 0 Å². The minimum atomic E-state index is 0. The van der Waals surface area contributed by atoms with Crippen molar-refractivity contribution in [3.63, 3.8) is 0 Å². The van der Waals surface area contributed by atoms with Gasteiger partial charge in [0.05, 0.1) is 0 Å². The molecule has 2 aliphatic rings. The minimum Gasteiger partial charge on any atom is -0.355 e. The van der Waals surface area contributed by atoms with Crippen molar-refractivity contribution in [1.82, 2.24) is 20.4 Å². The van der Waals surface area contributed by atoms with Crippen LogP contribution in [0.3, 0.4) is 0 Å². The first kappa shape index (κ1) is 21.9. The summed E-state index contributed by atoms with van der Waals surface area (Å²) in [5.74, 6) is 0.955. The van der Waals surface area contributed by atoms with Crippen LogP contribution >= 0.6 is 35.3 Å². The second kappa shape index (κ2) is 10.8. The van der Waals surface area contributed by atoms with E-state index in [1.165, 1.54) is 44.5 Å². The first-order valence-corrected chi connectivity index (χ1v) is 10.5. The summed E-state index contributed by atoms with van der Waals surface area (Å²) in [6, 6.07) is 3.49. The molecule has 2 N–H and O–H groups in total. The van der Waals surface area contributed by atoms with E-state index in [1.807, 2.05) is 18.4 Å². The molecule has 0 aliphatic carbocycles. The van der Waals surface area contributed by atoms with Gasteiger partial charge in [-0.05, 0) is 50.1 Å². The summed E-state index contributed by atoms with van der Waals surface area (Å²) in [5, 5.41) is 9.34. The van der Waals surface area contributed by atoms with E-state index < -0.39 is 0 Å². The number of hydrogen-bond acceptors (Lipinski definition) is 4. The summed E-state index contributed by atoms with van der Waals surface area (Å²) >= 11 is 1.91. The zero-order valence-electron chi connectivity index (χ0n) is 16.3. The van der Waals surface area contributed by atoms with Crippen LogP contribution in [0.2, 0.25) is 0 Å². The highest BCUT2D eigenvalue weighted by atomic mass is 127. The lowest BCUT2D eigenvalue weighted by Crippen LogP contribution is -2.50. The van der Waals surface area contributed by atoms with Crippen molar-refractivity contribution in [2.45, 2.75) is 51.7 Å². The van der Waals surface area contributed by atoms with Crippen LogP contribution in [0.5, 0.6) is 0 Å². The molecule has 3 rings (SSSR count). The van der Waals surface area contributed by atoms with Crippen LogP contribution in [0.4, 0.5) is 0 Å². The van der Waals surface area contributed by atoms with Crippen LogP contribution in [-0.2, 0) is 13.0 Å². The fraction of sp³-hybridized carbons (Fsp3) is 0.737. The van der Waals surface area contributed by atoms with Crippen LogP contribution in [0, 0.1) is 0 Å². The summed E-state index contributed by atoms with van der Waals surface area (Å²) in [6.07, 6.45) is 3.60. The Labute approximate surface area is 179 Å². The van der Waals surface area contributed by atoms with E-state index in [9.17, 15) is 0 Å². The Bertz CT molecular complexity index is 566. The summed E-state index contributed by atoms with van der Waals surface area (Å²) in [5.41, 5.74) is 1.52. The Morgan fingerprint density at radius 3 is 2.77 bits per heavy atom. The summed E-state index contributed by atoms with van der Waals surface area (Å²) < 4.78 is 0. The van der Waals surface area contributed by atoms with Gasteiger partial charge in [0, 0.05) is 63.3 Å². The molecular formula is C19H34IN5S. The normalized spacial score (nSPS) is 19.9. The van der Waals surface area contributed by atoms with E-state index in [0.717, 1.165) is 25.6 Å². The topological polar surface area (TPSA) is 42.9 Å². The molecule has 2 aliphatic heterocycles. The zero-order valence-corrected chi connectivity index (χ0v) is 19.5. The van der Waals surface area contributed by atoms with Crippen molar-refractivity contribution < 1.29 is 0 Å². The molecular weight excluding hydrogens is 457 g/mol. The molecule has 26 heavy (non-hydrogen) atoms. The third kappa shape index (κ3) is 6.07. The molecule has 0 amide bonds. The summed E-state index contributed by atoms with van der Waals surface area (Å²) in [6.45, 7) is 11.2. The number of halogens is 1. The van der Waals surface area contributed by atoms with E-state index in [2.05, 4.69) is 50.7 Å². The fourth-order valence-electron chi connectivity index (χ4n) is 3.78. The van der Waals surface area contributed by atoms with Gasteiger partial charge in [0.25, 0.3) is 0 Å².